The first-order chi connectivity index (χ1) is 12.6. The summed E-state index contributed by atoms with van der Waals surface area (Å²) in [6.45, 7) is 0.867. The van der Waals surface area contributed by atoms with Crippen LogP contribution in [0.4, 0.5) is 0 Å². The van der Waals surface area contributed by atoms with Crippen LogP contribution in [0, 0.1) is 0 Å². The number of ether oxygens (including phenoxy) is 1. The van der Waals surface area contributed by atoms with E-state index in [0.29, 0.717) is 5.56 Å². The molecule has 2 aromatic carbocycles. The molecule has 1 fully saturated rings. The van der Waals surface area contributed by atoms with E-state index in [4.69, 9.17) is 4.74 Å². The zero-order valence-corrected chi connectivity index (χ0v) is 15.9. The summed E-state index contributed by atoms with van der Waals surface area (Å²) in [6, 6.07) is 19.9. The minimum Gasteiger partial charge on any atom is -0.455 e. The highest BCUT2D eigenvalue weighted by Crippen LogP contribution is 2.43. The Balaban J connectivity index is 1.94. The number of rotatable bonds is 6. The number of benzene rings is 2. The Bertz CT molecular complexity index is 691. The number of carbonyl (C=O) groups is 1. The number of hydrogen-bond acceptors (Lipinski definition) is 3. The van der Waals surface area contributed by atoms with Crippen molar-refractivity contribution in [2.75, 3.05) is 20.6 Å². The molecule has 0 radical (unpaired) electrons. The summed E-state index contributed by atoms with van der Waals surface area (Å²) in [5.41, 5.74) is 1.45. The lowest BCUT2D eigenvalue weighted by Gasteiger charge is -2.44. The third-order valence-corrected chi connectivity index (χ3v) is 5.39. The largest absolute Gasteiger partial charge is 0.455 e. The SMILES string of the molecule is CN(C)CC(c1ccccc1)C1(OC(=O)c2ccccc2)CCCCC1. The predicted molar refractivity (Wildman–Crippen MR) is 105 cm³/mol. The highest BCUT2D eigenvalue weighted by Gasteiger charge is 2.44. The van der Waals surface area contributed by atoms with Crippen LogP contribution < -0.4 is 0 Å². The predicted octanol–water partition coefficient (Wildman–Crippen LogP) is 4.89. The van der Waals surface area contributed by atoms with Crippen LogP contribution in [0.5, 0.6) is 0 Å². The minimum absolute atomic E-state index is 0.173. The van der Waals surface area contributed by atoms with Crippen molar-refractivity contribution in [3.63, 3.8) is 0 Å². The molecule has 0 bridgehead atoms. The van der Waals surface area contributed by atoms with Crippen molar-refractivity contribution in [3.05, 3.63) is 71.8 Å². The Morgan fingerprint density at radius 2 is 1.54 bits per heavy atom. The van der Waals surface area contributed by atoms with Gasteiger partial charge in [-0.1, -0.05) is 55.0 Å². The van der Waals surface area contributed by atoms with Gasteiger partial charge in [-0.05, 0) is 57.5 Å². The summed E-state index contributed by atoms with van der Waals surface area (Å²) in [4.78, 5) is 15.1. The Morgan fingerprint density at radius 3 is 2.12 bits per heavy atom. The fourth-order valence-corrected chi connectivity index (χ4v) is 4.12. The summed E-state index contributed by atoms with van der Waals surface area (Å²) >= 11 is 0. The van der Waals surface area contributed by atoms with Gasteiger partial charge in [-0.15, -0.1) is 0 Å². The molecule has 2 aromatic rings. The van der Waals surface area contributed by atoms with Gasteiger partial charge in [0.05, 0.1) is 5.56 Å². The first kappa shape index (κ1) is 18.7. The number of esters is 1. The molecule has 0 saturated heterocycles. The lowest BCUT2D eigenvalue weighted by molar-refractivity contribution is -0.0575. The lowest BCUT2D eigenvalue weighted by Crippen LogP contribution is -2.46. The van der Waals surface area contributed by atoms with E-state index >= 15 is 0 Å². The molecule has 1 aliphatic carbocycles. The average Bonchev–Trinajstić information content (AvgIpc) is 2.68. The topological polar surface area (TPSA) is 29.5 Å². The Kier molecular flexibility index (Phi) is 6.10. The molecule has 1 atom stereocenters. The first-order valence-corrected chi connectivity index (χ1v) is 9.59. The third kappa shape index (κ3) is 4.34. The van der Waals surface area contributed by atoms with E-state index in [-0.39, 0.29) is 11.9 Å². The normalized spacial score (nSPS) is 17.7. The number of likely N-dealkylation sites (N-methyl/N-ethyl adjacent to an activating group) is 1. The maximum atomic E-state index is 12.9. The molecule has 0 spiro atoms. The van der Waals surface area contributed by atoms with Gasteiger partial charge < -0.3 is 9.64 Å². The van der Waals surface area contributed by atoms with Crippen LogP contribution >= 0.6 is 0 Å². The van der Waals surface area contributed by atoms with E-state index in [1.165, 1.54) is 12.0 Å². The van der Waals surface area contributed by atoms with Gasteiger partial charge in [-0.2, -0.15) is 0 Å². The van der Waals surface area contributed by atoms with Gasteiger partial charge >= 0.3 is 5.97 Å². The number of carbonyl (C=O) groups excluding carboxylic acids is 1. The van der Waals surface area contributed by atoms with Gasteiger partial charge in [0.25, 0.3) is 0 Å². The monoisotopic (exact) mass is 351 g/mol. The van der Waals surface area contributed by atoms with E-state index in [9.17, 15) is 4.79 Å². The molecule has 0 aromatic heterocycles. The van der Waals surface area contributed by atoms with Crippen molar-refractivity contribution >= 4 is 5.97 Å². The molecule has 1 unspecified atom stereocenters. The maximum absolute atomic E-state index is 12.9. The molecule has 0 aliphatic heterocycles. The molecule has 3 rings (SSSR count). The summed E-state index contributed by atoms with van der Waals surface area (Å²) < 4.78 is 6.32. The molecule has 138 valence electrons. The minimum atomic E-state index is -0.434. The van der Waals surface area contributed by atoms with Crippen LogP contribution in [-0.4, -0.2) is 37.1 Å². The van der Waals surface area contributed by atoms with Gasteiger partial charge in [0.1, 0.15) is 5.60 Å². The zero-order valence-electron chi connectivity index (χ0n) is 15.9. The van der Waals surface area contributed by atoms with Gasteiger partial charge in [0, 0.05) is 12.5 Å². The summed E-state index contributed by atoms with van der Waals surface area (Å²) in [5.74, 6) is -0.0288. The van der Waals surface area contributed by atoms with Crippen molar-refractivity contribution in [2.45, 2.75) is 43.6 Å². The molecule has 3 heteroatoms. The van der Waals surface area contributed by atoms with Gasteiger partial charge in [0.2, 0.25) is 0 Å². The quantitative estimate of drug-likeness (QED) is 0.694. The first-order valence-electron chi connectivity index (χ1n) is 9.59. The van der Waals surface area contributed by atoms with E-state index in [2.05, 4.69) is 43.3 Å². The van der Waals surface area contributed by atoms with Crippen molar-refractivity contribution in [1.29, 1.82) is 0 Å². The van der Waals surface area contributed by atoms with Crippen LogP contribution in [0.15, 0.2) is 60.7 Å². The smallest absolute Gasteiger partial charge is 0.338 e. The summed E-state index contributed by atoms with van der Waals surface area (Å²) in [7, 11) is 4.18. The lowest BCUT2D eigenvalue weighted by atomic mass is 9.72. The molecular weight excluding hydrogens is 322 g/mol. The van der Waals surface area contributed by atoms with E-state index in [1.54, 1.807) is 0 Å². The highest BCUT2D eigenvalue weighted by molar-refractivity contribution is 5.89. The molecule has 0 N–H and O–H groups in total. The fourth-order valence-electron chi connectivity index (χ4n) is 4.12. The second kappa shape index (κ2) is 8.50. The molecule has 1 aliphatic rings. The van der Waals surface area contributed by atoms with Gasteiger partial charge in [0.15, 0.2) is 0 Å². The van der Waals surface area contributed by atoms with Gasteiger partial charge in [-0.3, -0.25) is 0 Å². The van der Waals surface area contributed by atoms with Crippen LogP contribution in [0.3, 0.4) is 0 Å². The maximum Gasteiger partial charge on any atom is 0.338 e. The molecule has 26 heavy (non-hydrogen) atoms. The molecular formula is C23H29NO2. The second-order valence-corrected chi connectivity index (χ2v) is 7.61. The number of nitrogens with zero attached hydrogens (tertiary/aromatic N) is 1. The highest BCUT2D eigenvalue weighted by atomic mass is 16.6. The molecule has 3 nitrogen and oxygen atoms in total. The Labute approximate surface area is 157 Å². The van der Waals surface area contributed by atoms with Gasteiger partial charge in [-0.25, -0.2) is 4.79 Å². The van der Waals surface area contributed by atoms with E-state index in [0.717, 1.165) is 32.2 Å². The average molecular weight is 351 g/mol. The second-order valence-electron chi connectivity index (χ2n) is 7.61. The van der Waals surface area contributed by atoms with Crippen LogP contribution in [0.25, 0.3) is 0 Å². The molecule has 0 heterocycles. The Morgan fingerprint density at radius 1 is 0.962 bits per heavy atom. The van der Waals surface area contributed by atoms with E-state index < -0.39 is 5.60 Å². The summed E-state index contributed by atoms with van der Waals surface area (Å²) in [5, 5.41) is 0. The number of hydrogen-bond donors (Lipinski definition) is 0. The van der Waals surface area contributed by atoms with E-state index in [1.807, 2.05) is 36.4 Å². The molecule has 1 saturated carbocycles. The zero-order chi connectivity index (χ0) is 18.4. The van der Waals surface area contributed by atoms with Crippen molar-refractivity contribution in [1.82, 2.24) is 4.90 Å². The standard InChI is InChI=1S/C23H29NO2/c1-24(2)18-21(19-12-6-3-7-13-19)23(16-10-5-11-17-23)26-22(25)20-14-8-4-9-15-20/h3-4,6-9,12-15,21H,5,10-11,16-18H2,1-2H3. The van der Waals surface area contributed by atoms with Crippen molar-refractivity contribution in [3.8, 4) is 0 Å². The fraction of sp³-hybridized carbons (Fsp3) is 0.435. The van der Waals surface area contributed by atoms with Crippen LogP contribution in [-0.2, 0) is 4.74 Å². The third-order valence-electron chi connectivity index (χ3n) is 5.39. The summed E-state index contributed by atoms with van der Waals surface area (Å²) in [6.07, 6.45) is 5.30. The van der Waals surface area contributed by atoms with Crippen molar-refractivity contribution in [2.24, 2.45) is 0 Å². The Hall–Kier alpha value is -2.13. The molecule has 0 amide bonds. The van der Waals surface area contributed by atoms with Crippen LogP contribution in [0.2, 0.25) is 0 Å². The van der Waals surface area contributed by atoms with Crippen molar-refractivity contribution < 1.29 is 9.53 Å². The van der Waals surface area contributed by atoms with Crippen LogP contribution in [0.1, 0.15) is 53.9 Å².